The summed E-state index contributed by atoms with van der Waals surface area (Å²) in [7, 11) is 0. The standard InChI is InChI=1S/C26H32FNO3/c1-3-30-24-15-20-14-21(26(29)23(20)16-25(24)31-4-2)13-18-9-11-28(12-10-18)17-19-5-7-22(27)8-6-19/h5-8,15-16,18,21H,3-4,9-14,17H2,1-2H3. The first kappa shape index (κ1) is 21.8. The second-order valence-corrected chi connectivity index (χ2v) is 8.67. The van der Waals surface area contributed by atoms with Crippen molar-refractivity contribution < 1.29 is 18.7 Å². The van der Waals surface area contributed by atoms with E-state index in [0.29, 0.717) is 24.9 Å². The fraction of sp³-hybridized carbons (Fsp3) is 0.500. The second-order valence-electron chi connectivity index (χ2n) is 8.67. The summed E-state index contributed by atoms with van der Waals surface area (Å²) in [6, 6.07) is 10.7. The SMILES string of the molecule is CCOc1cc2c(cc1OCC)C(=O)C(CC1CCN(Cc3ccc(F)cc3)CC1)C2. The lowest BCUT2D eigenvalue weighted by molar-refractivity contribution is 0.0895. The Morgan fingerprint density at radius 2 is 1.65 bits per heavy atom. The predicted molar refractivity (Wildman–Crippen MR) is 119 cm³/mol. The van der Waals surface area contributed by atoms with Crippen LogP contribution in [0.5, 0.6) is 11.5 Å². The molecule has 1 unspecified atom stereocenters. The minimum atomic E-state index is -0.188. The third kappa shape index (κ3) is 5.09. The summed E-state index contributed by atoms with van der Waals surface area (Å²) >= 11 is 0. The second kappa shape index (κ2) is 9.82. The Kier molecular flexibility index (Phi) is 6.91. The Labute approximate surface area is 184 Å². The van der Waals surface area contributed by atoms with Crippen molar-refractivity contribution in [3.8, 4) is 11.5 Å². The molecule has 1 saturated heterocycles. The number of benzene rings is 2. The van der Waals surface area contributed by atoms with Crippen LogP contribution in [0, 0.1) is 17.7 Å². The molecule has 0 amide bonds. The summed E-state index contributed by atoms with van der Waals surface area (Å²) in [5, 5.41) is 0. The number of piperidine rings is 1. The molecule has 0 radical (unpaired) electrons. The summed E-state index contributed by atoms with van der Waals surface area (Å²) in [5.74, 6) is 2.12. The van der Waals surface area contributed by atoms with E-state index in [1.807, 2.05) is 38.1 Å². The average Bonchev–Trinajstić information content (AvgIpc) is 3.06. The topological polar surface area (TPSA) is 38.8 Å². The number of Topliss-reactive ketones (excluding diaryl/α,β-unsaturated/α-hetero) is 1. The lowest BCUT2D eigenvalue weighted by Gasteiger charge is -2.33. The first-order valence-corrected chi connectivity index (χ1v) is 11.5. The number of carbonyl (C=O) groups is 1. The highest BCUT2D eigenvalue weighted by Crippen LogP contribution is 2.40. The van der Waals surface area contributed by atoms with E-state index in [9.17, 15) is 9.18 Å². The molecule has 0 bridgehead atoms. The quantitative estimate of drug-likeness (QED) is 0.577. The molecule has 2 aromatic rings. The van der Waals surface area contributed by atoms with E-state index in [0.717, 1.165) is 67.8 Å². The van der Waals surface area contributed by atoms with Crippen molar-refractivity contribution in [1.29, 1.82) is 0 Å². The lowest BCUT2D eigenvalue weighted by Crippen LogP contribution is -2.34. The van der Waals surface area contributed by atoms with Gasteiger partial charge in [0.2, 0.25) is 0 Å². The van der Waals surface area contributed by atoms with Gasteiger partial charge in [-0.2, -0.15) is 0 Å². The van der Waals surface area contributed by atoms with Crippen molar-refractivity contribution in [2.45, 2.75) is 46.1 Å². The van der Waals surface area contributed by atoms with Gasteiger partial charge in [0, 0.05) is 18.0 Å². The minimum Gasteiger partial charge on any atom is -0.490 e. The molecule has 0 aromatic heterocycles. The van der Waals surface area contributed by atoms with Gasteiger partial charge in [-0.3, -0.25) is 9.69 Å². The molecule has 0 saturated carbocycles. The van der Waals surface area contributed by atoms with Gasteiger partial charge in [-0.15, -0.1) is 0 Å². The van der Waals surface area contributed by atoms with Gasteiger partial charge in [0.1, 0.15) is 5.82 Å². The maximum absolute atomic E-state index is 13.1. The van der Waals surface area contributed by atoms with Crippen LogP contribution in [0.4, 0.5) is 4.39 Å². The zero-order valence-corrected chi connectivity index (χ0v) is 18.5. The smallest absolute Gasteiger partial charge is 0.166 e. The fourth-order valence-electron chi connectivity index (χ4n) is 4.94. The molecule has 1 heterocycles. The van der Waals surface area contributed by atoms with E-state index in [1.165, 1.54) is 12.1 Å². The molecule has 31 heavy (non-hydrogen) atoms. The van der Waals surface area contributed by atoms with Crippen molar-refractivity contribution in [1.82, 2.24) is 4.90 Å². The minimum absolute atomic E-state index is 0.0648. The molecule has 5 heteroatoms. The summed E-state index contributed by atoms with van der Waals surface area (Å²) in [4.78, 5) is 15.5. The Balaban J connectivity index is 1.33. The molecular formula is C26H32FNO3. The molecule has 1 aliphatic heterocycles. The third-order valence-corrected chi connectivity index (χ3v) is 6.52. The molecule has 166 valence electrons. The number of halogens is 1. The summed E-state index contributed by atoms with van der Waals surface area (Å²) in [6.07, 6.45) is 3.97. The Hall–Kier alpha value is -2.40. The zero-order chi connectivity index (χ0) is 21.8. The number of hydrogen-bond donors (Lipinski definition) is 0. The number of ketones is 1. The summed E-state index contributed by atoms with van der Waals surface area (Å²) in [5.41, 5.74) is 3.05. The molecule has 4 nitrogen and oxygen atoms in total. The lowest BCUT2D eigenvalue weighted by atomic mass is 9.85. The van der Waals surface area contributed by atoms with Crippen LogP contribution < -0.4 is 9.47 Å². The van der Waals surface area contributed by atoms with Gasteiger partial charge < -0.3 is 9.47 Å². The molecule has 1 aliphatic carbocycles. The van der Waals surface area contributed by atoms with Crippen LogP contribution in [0.3, 0.4) is 0 Å². The number of nitrogens with zero attached hydrogens (tertiary/aromatic N) is 1. The largest absolute Gasteiger partial charge is 0.490 e. The molecule has 2 aliphatic rings. The third-order valence-electron chi connectivity index (χ3n) is 6.52. The Morgan fingerprint density at radius 3 is 2.29 bits per heavy atom. The average molecular weight is 426 g/mol. The molecular weight excluding hydrogens is 393 g/mol. The molecule has 2 aromatic carbocycles. The molecule has 1 fully saturated rings. The van der Waals surface area contributed by atoms with Crippen molar-refractivity contribution in [3.05, 3.63) is 58.9 Å². The number of ether oxygens (including phenoxy) is 2. The van der Waals surface area contributed by atoms with Gasteiger partial charge in [-0.1, -0.05) is 12.1 Å². The van der Waals surface area contributed by atoms with E-state index >= 15 is 0 Å². The van der Waals surface area contributed by atoms with Gasteiger partial charge in [-0.05, 0) is 93.9 Å². The molecule has 0 spiro atoms. The predicted octanol–water partition coefficient (Wildman–Crippen LogP) is 5.28. The molecule has 1 atom stereocenters. The van der Waals surface area contributed by atoms with Gasteiger partial charge >= 0.3 is 0 Å². The Bertz CT molecular complexity index is 904. The molecule has 0 N–H and O–H groups in total. The van der Waals surface area contributed by atoms with Crippen LogP contribution in [-0.2, 0) is 13.0 Å². The highest BCUT2D eigenvalue weighted by atomic mass is 19.1. The van der Waals surface area contributed by atoms with Crippen molar-refractivity contribution >= 4 is 5.78 Å². The first-order valence-electron chi connectivity index (χ1n) is 11.5. The number of rotatable bonds is 8. The van der Waals surface area contributed by atoms with E-state index < -0.39 is 0 Å². The van der Waals surface area contributed by atoms with Crippen LogP contribution in [0.2, 0.25) is 0 Å². The number of likely N-dealkylation sites (tertiary alicyclic amines) is 1. The molecule has 4 rings (SSSR count). The normalized spacial score (nSPS) is 19.5. The monoisotopic (exact) mass is 425 g/mol. The van der Waals surface area contributed by atoms with Gasteiger partial charge in [0.05, 0.1) is 13.2 Å². The van der Waals surface area contributed by atoms with E-state index in [-0.39, 0.29) is 17.5 Å². The van der Waals surface area contributed by atoms with Crippen LogP contribution in [0.1, 0.15) is 54.6 Å². The highest BCUT2D eigenvalue weighted by molar-refractivity contribution is 6.02. The van der Waals surface area contributed by atoms with Crippen LogP contribution >= 0.6 is 0 Å². The van der Waals surface area contributed by atoms with Crippen LogP contribution in [-0.4, -0.2) is 37.0 Å². The highest BCUT2D eigenvalue weighted by Gasteiger charge is 2.34. The maximum atomic E-state index is 13.1. The van der Waals surface area contributed by atoms with Gasteiger partial charge in [0.15, 0.2) is 17.3 Å². The van der Waals surface area contributed by atoms with Crippen molar-refractivity contribution in [3.63, 3.8) is 0 Å². The number of fused-ring (bicyclic) bond motifs is 1. The van der Waals surface area contributed by atoms with Gasteiger partial charge in [0.25, 0.3) is 0 Å². The summed E-state index contributed by atoms with van der Waals surface area (Å²) < 4.78 is 24.6. The van der Waals surface area contributed by atoms with Gasteiger partial charge in [-0.25, -0.2) is 4.39 Å². The van der Waals surface area contributed by atoms with Crippen LogP contribution in [0.25, 0.3) is 0 Å². The number of carbonyl (C=O) groups excluding carboxylic acids is 1. The van der Waals surface area contributed by atoms with Crippen molar-refractivity contribution in [2.24, 2.45) is 11.8 Å². The Morgan fingerprint density at radius 1 is 1.00 bits per heavy atom. The van der Waals surface area contributed by atoms with E-state index in [2.05, 4.69) is 4.90 Å². The first-order chi connectivity index (χ1) is 15.1. The van der Waals surface area contributed by atoms with Crippen LogP contribution in [0.15, 0.2) is 36.4 Å². The fourth-order valence-corrected chi connectivity index (χ4v) is 4.94. The number of hydrogen-bond acceptors (Lipinski definition) is 4. The maximum Gasteiger partial charge on any atom is 0.166 e. The van der Waals surface area contributed by atoms with E-state index in [4.69, 9.17) is 9.47 Å². The summed E-state index contributed by atoms with van der Waals surface area (Å²) in [6.45, 7) is 7.94. The van der Waals surface area contributed by atoms with Crippen molar-refractivity contribution in [2.75, 3.05) is 26.3 Å². The zero-order valence-electron chi connectivity index (χ0n) is 18.5. The van der Waals surface area contributed by atoms with E-state index in [1.54, 1.807) is 0 Å².